The molecule has 24 heavy (non-hydrogen) atoms. The number of nitrogens with zero attached hydrogens (tertiary/aromatic N) is 5. The molecule has 3 heterocycles. The van der Waals surface area contributed by atoms with E-state index >= 15 is 0 Å². The van der Waals surface area contributed by atoms with Crippen molar-refractivity contribution in [1.82, 2.24) is 24.9 Å². The van der Waals surface area contributed by atoms with E-state index in [2.05, 4.69) is 35.1 Å². The topological polar surface area (TPSA) is 164 Å². The number of rotatable bonds is 2. The second-order valence-corrected chi connectivity index (χ2v) is 5.03. The molecule has 10 nitrogen and oxygen atoms in total. The number of imidazole rings is 1. The molecule has 0 unspecified atom stereocenters. The van der Waals surface area contributed by atoms with Gasteiger partial charge in [-0.2, -0.15) is 4.98 Å². The first-order valence-electron chi connectivity index (χ1n) is 6.92. The number of benzene rings is 1. The molecule has 0 aliphatic rings. The average molecular weight is 321 g/mol. The number of azo groups is 1. The molecule has 10 heteroatoms. The molecule has 0 aliphatic carbocycles. The van der Waals surface area contributed by atoms with Crippen molar-refractivity contribution in [3.05, 3.63) is 40.7 Å². The van der Waals surface area contributed by atoms with Gasteiger partial charge in [-0.1, -0.05) is 0 Å². The third-order valence-electron chi connectivity index (χ3n) is 3.31. The van der Waals surface area contributed by atoms with E-state index in [1.54, 1.807) is 18.2 Å². The number of hydrogen-bond donors (Lipinski definition) is 4. The van der Waals surface area contributed by atoms with Gasteiger partial charge >= 0.3 is 0 Å². The molecule has 0 fully saturated rings. The maximum Gasteiger partial charge on any atom is 0.280 e. The van der Waals surface area contributed by atoms with Gasteiger partial charge in [-0.3, -0.25) is 9.78 Å². The highest BCUT2D eigenvalue weighted by Crippen LogP contribution is 2.21. The predicted octanol–water partition coefficient (Wildman–Crippen LogP) is 1.77. The van der Waals surface area contributed by atoms with E-state index in [1.807, 2.05) is 12.1 Å². The lowest BCUT2D eigenvalue weighted by molar-refractivity contribution is 1.11. The third kappa shape index (κ3) is 2.41. The zero-order chi connectivity index (χ0) is 16.7. The van der Waals surface area contributed by atoms with Gasteiger partial charge in [-0.25, -0.2) is 9.97 Å². The van der Waals surface area contributed by atoms with Crippen LogP contribution >= 0.6 is 0 Å². The lowest BCUT2D eigenvalue weighted by Crippen LogP contribution is -2.10. The molecular weight excluding hydrogens is 310 g/mol. The van der Waals surface area contributed by atoms with Crippen LogP contribution < -0.4 is 17.0 Å². The van der Waals surface area contributed by atoms with Crippen LogP contribution in [0.15, 0.2) is 45.4 Å². The van der Waals surface area contributed by atoms with Crippen molar-refractivity contribution >= 4 is 45.5 Å². The monoisotopic (exact) mass is 321 g/mol. The normalized spacial score (nSPS) is 11.7. The number of anilines is 2. The van der Waals surface area contributed by atoms with E-state index in [-0.39, 0.29) is 23.1 Å². The number of fused-ring (bicyclic) bond motifs is 2. The van der Waals surface area contributed by atoms with Gasteiger partial charge in [0.15, 0.2) is 17.0 Å². The van der Waals surface area contributed by atoms with E-state index in [1.165, 1.54) is 0 Å². The molecule has 6 N–H and O–H groups in total. The van der Waals surface area contributed by atoms with E-state index in [4.69, 9.17) is 11.5 Å². The fraction of sp³-hybridized carbons (Fsp3) is 0. The summed E-state index contributed by atoms with van der Waals surface area (Å²) in [5, 5.41) is 8.87. The Hall–Kier alpha value is -3.82. The predicted molar refractivity (Wildman–Crippen MR) is 89.3 cm³/mol. The summed E-state index contributed by atoms with van der Waals surface area (Å²) in [7, 11) is 0. The molecule has 4 aromatic rings. The van der Waals surface area contributed by atoms with E-state index in [0.717, 1.165) is 10.9 Å². The Balaban J connectivity index is 1.71. The van der Waals surface area contributed by atoms with Crippen molar-refractivity contribution < 1.29 is 0 Å². The largest absolute Gasteiger partial charge is 0.399 e. The van der Waals surface area contributed by atoms with Crippen molar-refractivity contribution in [3.63, 3.8) is 0 Å². The number of H-pyrrole nitrogens is 2. The number of nitrogens with one attached hydrogen (secondary N) is 2. The van der Waals surface area contributed by atoms with Crippen LogP contribution in [0, 0.1) is 0 Å². The van der Waals surface area contributed by atoms with Crippen molar-refractivity contribution in [2.45, 2.75) is 0 Å². The first-order valence-corrected chi connectivity index (χ1v) is 6.92. The molecule has 0 amide bonds. The highest BCUT2D eigenvalue weighted by molar-refractivity contribution is 5.83. The van der Waals surface area contributed by atoms with Crippen LogP contribution in [0.5, 0.6) is 0 Å². The average Bonchev–Trinajstić information content (AvgIpc) is 2.96. The van der Waals surface area contributed by atoms with Crippen LogP contribution in [0.1, 0.15) is 0 Å². The fourth-order valence-electron chi connectivity index (χ4n) is 2.25. The van der Waals surface area contributed by atoms with Gasteiger partial charge in [0.05, 0.1) is 5.52 Å². The van der Waals surface area contributed by atoms with E-state index in [0.29, 0.717) is 11.5 Å². The van der Waals surface area contributed by atoms with Gasteiger partial charge in [0.2, 0.25) is 11.9 Å². The summed E-state index contributed by atoms with van der Waals surface area (Å²) in [6.45, 7) is 0. The Morgan fingerprint density at radius 1 is 0.958 bits per heavy atom. The lowest BCUT2D eigenvalue weighted by atomic mass is 10.2. The zero-order valence-electron chi connectivity index (χ0n) is 12.2. The van der Waals surface area contributed by atoms with Gasteiger partial charge in [0, 0.05) is 11.1 Å². The Morgan fingerprint density at radius 3 is 2.71 bits per heavy atom. The molecule has 0 spiro atoms. The van der Waals surface area contributed by atoms with Gasteiger partial charge in [-0.05, 0) is 30.3 Å². The van der Waals surface area contributed by atoms with Gasteiger partial charge in [0.1, 0.15) is 0 Å². The van der Waals surface area contributed by atoms with Crippen molar-refractivity contribution in [1.29, 1.82) is 0 Å². The molecule has 0 atom stereocenters. The second-order valence-electron chi connectivity index (χ2n) is 5.03. The molecule has 0 bridgehead atoms. The summed E-state index contributed by atoms with van der Waals surface area (Å²) in [5.74, 6) is 0.525. The highest BCUT2D eigenvalue weighted by atomic mass is 16.1. The van der Waals surface area contributed by atoms with Gasteiger partial charge in [0.25, 0.3) is 5.56 Å². The first kappa shape index (κ1) is 13.8. The molecule has 1 aromatic carbocycles. The third-order valence-corrected chi connectivity index (χ3v) is 3.31. The molecular formula is C14H11N9O. The number of nitrogens with two attached hydrogens (primary N) is 2. The van der Waals surface area contributed by atoms with Crippen molar-refractivity contribution in [2.75, 3.05) is 11.5 Å². The summed E-state index contributed by atoms with van der Waals surface area (Å²) in [5.41, 5.74) is 12.5. The highest BCUT2D eigenvalue weighted by Gasteiger charge is 2.08. The molecule has 0 aliphatic heterocycles. The molecule has 3 aromatic heterocycles. The lowest BCUT2D eigenvalue weighted by Gasteiger charge is -1.99. The molecule has 0 radical (unpaired) electrons. The number of nitrogen functional groups attached to an aromatic ring is 2. The number of aromatic nitrogens is 5. The first-order chi connectivity index (χ1) is 11.6. The minimum absolute atomic E-state index is 0.00453. The Morgan fingerprint density at radius 2 is 1.83 bits per heavy atom. The van der Waals surface area contributed by atoms with Crippen LogP contribution in [0.3, 0.4) is 0 Å². The smallest absolute Gasteiger partial charge is 0.280 e. The van der Waals surface area contributed by atoms with E-state index < -0.39 is 5.56 Å². The van der Waals surface area contributed by atoms with Crippen molar-refractivity contribution in [2.24, 2.45) is 10.2 Å². The van der Waals surface area contributed by atoms with Crippen LogP contribution in [-0.2, 0) is 0 Å². The number of aromatic amines is 2. The fourth-order valence-corrected chi connectivity index (χ4v) is 2.25. The summed E-state index contributed by atoms with van der Waals surface area (Å²) in [6.07, 6.45) is 0. The zero-order valence-corrected chi connectivity index (χ0v) is 12.2. The van der Waals surface area contributed by atoms with Crippen molar-refractivity contribution in [3.8, 4) is 0 Å². The Kier molecular flexibility index (Phi) is 2.95. The molecule has 0 saturated heterocycles. The SMILES string of the molecule is Nc1ccc2nc(/N=N/c3nc4c(=O)[nH]c(N)nc4[nH]3)ccc2c1. The summed E-state index contributed by atoms with van der Waals surface area (Å²) in [4.78, 5) is 29.1. The standard InChI is InChI=1S/C14H11N9O/c15-7-2-3-8-6(5-7)1-4-9(17-8)22-23-14-18-10-11(20-14)19-13(16)21-12(10)24/h1-5H,15H2,(H4,16,18,19,20,21,24)/b23-22+. The van der Waals surface area contributed by atoms with E-state index in [9.17, 15) is 4.79 Å². The Bertz CT molecular complexity index is 1160. The molecule has 0 saturated carbocycles. The summed E-state index contributed by atoms with van der Waals surface area (Å²) < 4.78 is 0. The molecule has 118 valence electrons. The minimum atomic E-state index is -0.448. The quantitative estimate of drug-likeness (QED) is 0.324. The number of pyridine rings is 1. The van der Waals surface area contributed by atoms with Crippen LogP contribution in [0.4, 0.5) is 23.4 Å². The maximum atomic E-state index is 11.7. The van der Waals surface area contributed by atoms with Gasteiger partial charge in [-0.15, -0.1) is 10.2 Å². The van der Waals surface area contributed by atoms with Crippen LogP contribution in [0.2, 0.25) is 0 Å². The van der Waals surface area contributed by atoms with Crippen LogP contribution in [0.25, 0.3) is 22.1 Å². The number of hydrogen-bond acceptors (Lipinski definition) is 8. The van der Waals surface area contributed by atoms with Gasteiger partial charge < -0.3 is 16.5 Å². The molecule has 4 rings (SSSR count). The summed E-state index contributed by atoms with van der Waals surface area (Å²) >= 11 is 0. The summed E-state index contributed by atoms with van der Waals surface area (Å²) in [6, 6.07) is 8.94. The Labute approximate surface area is 133 Å². The van der Waals surface area contributed by atoms with Crippen LogP contribution in [-0.4, -0.2) is 24.9 Å². The maximum absolute atomic E-state index is 11.7. The minimum Gasteiger partial charge on any atom is -0.399 e. The second kappa shape index (κ2) is 5.12.